The fourth-order valence-electron chi connectivity index (χ4n) is 4.09. The van der Waals surface area contributed by atoms with Crippen LogP contribution in [0.15, 0.2) is 54.9 Å². The van der Waals surface area contributed by atoms with Crippen LogP contribution in [0.4, 0.5) is 0 Å². The van der Waals surface area contributed by atoms with E-state index in [1.165, 1.54) is 30.4 Å². The Balaban J connectivity index is 1.61. The smallest absolute Gasteiger partial charge is 0.229 e. The maximum atomic E-state index is 13.0. The van der Waals surface area contributed by atoms with Crippen molar-refractivity contribution in [3.05, 3.63) is 82.9 Å². The summed E-state index contributed by atoms with van der Waals surface area (Å²) in [7, 11) is 0. The van der Waals surface area contributed by atoms with E-state index in [-0.39, 0.29) is 5.78 Å². The van der Waals surface area contributed by atoms with Crippen LogP contribution in [0.5, 0.6) is 0 Å². The van der Waals surface area contributed by atoms with E-state index in [2.05, 4.69) is 42.1 Å². The molecule has 3 heteroatoms. The molecule has 1 aliphatic rings. The topological polar surface area (TPSA) is 25.9 Å². The Morgan fingerprint density at radius 3 is 2.54 bits per heavy atom. The van der Waals surface area contributed by atoms with Crippen molar-refractivity contribution in [2.45, 2.75) is 46.1 Å². The minimum atomic E-state index is 0.168. The minimum absolute atomic E-state index is 0.168. The fraction of sp³-hybridized carbons (Fsp3) is 0.304. The zero-order chi connectivity index (χ0) is 18.1. The van der Waals surface area contributed by atoms with Gasteiger partial charge in [-0.25, -0.2) is 0 Å². The van der Waals surface area contributed by atoms with E-state index in [0.29, 0.717) is 6.54 Å². The monoisotopic (exact) mass is 345 g/mol. The summed E-state index contributed by atoms with van der Waals surface area (Å²) in [6.45, 7) is 4.49. The van der Waals surface area contributed by atoms with Crippen LogP contribution in [0.3, 0.4) is 0 Å². The molecule has 2 heterocycles. The zero-order valence-corrected chi connectivity index (χ0v) is 15.5. The molecule has 0 N–H and O–H groups in total. The number of nitrogens with zero attached hydrogens (tertiary/aromatic N) is 2. The normalized spacial score (nSPS) is 13.5. The molecule has 2 aromatic heterocycles. The van der Waals surface area contributed by atoms with E-state index in [1.807, 2.05) is 35.8 Å². The lowest BCUT2D eigenvalue weighted by Gasteiger charge is -2.13. The van der Waals surface area contributed by atoms with Crippen LogP contribution in [0.25, 0.3) is 5.69 Å². The lowest BCUT2D eigenvalue weighted by Crippen LogP contribution is -2.38. The molecule has 0 atom stereocenters. The maximum absolute atomic E-state index is 13.0. The number of Topliss-reactive ketones (excluding diaryl/α,β-unsaturated/α-hetero) is 1. The third-order valence-electron chi connectivity index (χ3n) is 5.42. The van der Waals surface area contributed by atoms with Crippen LogP contribution in [0.2, 0.25) is 0 Å². The number of benzene rings is 1. The zero-order valence-electron chi connectivity index (χ0n) is 15.5. The van der Waals surface area contributed by atoms with Gasteiger partial charge in [0.05, 0.1) is 0 Å². The first-order valence-corrected chi connectivity index (χ1v) is 9.42. The van der Waals surface area contributed by atoms with Gasteiger partial charge >= 0.3 is 0 Å². The summed E-state index contributed by atoms with van der Waals surface area (Å²) in [4.78, 5) is 13.0. The van der Waals surface area contributed by atoms with E-state index in [4.69, 9.17) is 0 Å². The van der Waals surface area contributed by atoms with Crippen LogP contribution in [0.1, 0.15) is 45.7 Å². The Bertz CT molecular complexity index is 954. The third kappa shape index (κ3) is 3.10. The number of aryl methyl sites for hydroxylation is 3. The Labute approximate surface area is 154 Å². The lowest BCUT2D eigenvalue weighted by molar-refractivity contribution is -0.683. The Morgan fingerprint density at radius 2 is 1.77 bits per heavy atom. The average Bonchev–Trinajstić information content (AvgIpc) is 2.96. The summed E-state index contributed by atoms with van der Waals surface area (Å²) in [6.07, 6.45) is 9.06. The molecule has 3 aromatic rings. The molecule has 0 unspecified atom stereocenters. The molecule has 1 aromatic carbocycles. The van der Waals surface area contributed by atoms with Gasteiger partial charge < -0.3 is 4.57 Å². The van der Waals surface area contributed by atoms with Crippen LogP contribution >= 0.6 is 0 Å². The number of rotatable bonds is 4. The molecule has 0 spiro atoms. The van der Waals surface area contributed by atoms with Crippen molar-refractivity contribution in [1.29, 1.82) is 0 Å². The third-order valence-corrected chi connectivity index (χ3v) is 5.42. The Morgan fingerprint density at radius 1 is 1.04 bits per heavy atom. The van der Waals surface area contributed by atoms with Gasteiger partial charge in [-0.1, -0.05) is 18.2 Å². The molecule has 0 saturated heterocycles. The minimum Gasteiger partial charge on any atom is -0.318 e. The molecule has 0 saturated carbocycles. The Kier molecular flexibility index (Phi) is 4.46. The number of hydrogen-bond acceptors (Lipinski definition) is 1. The number of fused-ring (bicyclic) bond motifs is 1. The van der Waals surface area contributed by atoms with Gasteiger partial charge in [0.2, 0.25) is 12.3 Å². The standard InChI is InChI=1S/C23H25N2O/c1-17-14-22(18(2)25(17)21-10-4-3-5-11-21)23(26)16-24-13-12-19-8-6-7-9-20(19)15-24/h3-5,10-15H,6-9,16H2,1-2H3/q+1. The highest BCUT2D eigenvalue weighted by atomic mass is 16.1. The summed E-state index contributed by atoms with van der Waals surface area (Å²) in [5, 5.41) is 0. The second-order valence-electron chi connectivity index (χ2n) is 7.25. The van der Waals surface area contributed by atoms with Gasteiger partial charge in [-0.2, -0.15) is 4.57 Å². The van der Waals surface area contributed by atoms with Crippen molar-refractivity contribution in [2.75, 3.05) is 0 Å². The molecule has 132 valence electrons. The van der Waals surface area contributed by atoms with Gasteiger partial charge in [0.1, 0.15) is 0 Å². The van der Waals surface area contributed by atoms with E-state index in [1.54, 1.807) is 0 Å². The number of aromatic nitrogens is 2. The van der Waals surface area contributed by atoms with E-state index in [0.717, 1.165) is 29.1 Å². The summed E-state index contributed by atoms with van der Waals surface area (Å²) >= 11 is 0. The average molecular weight is 345 g/mol. The SMILES string of the molecule is Cc1cc(C(=O)C[n+]2ccc3c(c2)CCCC3)c(C)n1-c1ccccc1. The fourth-order valence-corrected chi connectivity index (χ4v) is 4.09. The number of pyridine rings is 1. The van der Waals surface area contributed by atoms with Crippen molar-refractivity contribution < 1.29 is 9.36 Å². The summed E-state index contributed by atoms with van der Waals surface area (Å²) in [5.74, 6) is 0.168. The number of carbonyl (C=O) groups is 1. The molecule has 0 aliphatic heterocycles. The second kappa shape index (κ2) is 6.91. The first-order chi connectivity index (χ1) is 12.6. The predicted octanol–water partition coefficient (Wildman–Crippen LogP) is 4.14. The number of para-hydroxylation sites is 1. The van der Waals surface area contributed by atoms with Crippen molar-refractivity contribution in [3.8, 4) is 5.69 Å². The van der Waals surface area contributed by atoms with E-state index >= 15 is 0 Å². The van der Waals surface area contributed by atoms with Crippen molar-refractivity contribution in [3.63, 3.8) is 0 Å². The van der Waals surface area contributed by atoms with Gasteiger partial charge in [0.15, 0.2) is 12.4 Å². The van der Waals surface area contributed by atoms with Gasteiger partial charge in [-0.15, -0.1) is 0 Å². The summed E-state index contributed by atoms with van der Waals surface area (Å²) in [5.41, 5.74) is 6.87. The quantitative estimate of drug-likeness (QED) is 0.515. The highest BCUT2D eigenvalue weighted by Gasteiger charge is 2.21. The lowest BCUT2D eigenvalue weighted by atomic mass is 9.93. The van der Waals surface area contributed by atoms with Gasteiger partial charge in [-0.05, 0) is 63.3 Å². The molecule has 3 nitrogen and oxygen atoms in total. The first-order valence-electron chi connectivity index (χ1n) is 9.42. The molecular formula is C23H25N2O+. The van der Waals surface area contributed by atoms with E-state index in [9.17, 15) is 4.79 Å². The number of ketones is 1. The summed E-state index contributed by atoms with van der Waals surface area (Å²) < 4.78 is 4.20. The molecule has 0 bridgehead atoms. The van der Waals surface area contributed by atoms with Crippen LogP contribution in [-0.4, -0.2) is 10.4 Å². The van der Waals surface area contributed by atoms with Crippen molar-refractivity contribution in [2.24, 2.45) is 0 Å². The van der Waals surface area contributed by atoms with Crippen LogP contribution in [-0.2, 0) is 19.4 Å². The highest BCUT2D eigenvalue weighted by Crippen LogP contribution is 2.22. The van der Waals surface area contributed by atoms with Crippen molar-refractivity contribution in [1.82, 2.24) is 4.57 Å². The molecule has 0 radical (unpaired) electrons. The van der Waals surface area contributed by atoms with Crippen molar-refractivity contribution >= 4 is 5.78 Å². The largest absolute Gasteiger partial charge is 0.318 e. The second-order valence-corrected chi connectivity index (χ2v) is 7.25. The van der Waals surface area contributed by atoms with Crippen LogP contribution < -0.4 is 4.57 Å². The van der Waals surface area contributed by atoms with E-state index < -0.39 is 0 Å². The molecule has 0 amide bonds. The Hall–Kier alpha value is -2.68. The predicted molar refractivity (Wildman–Crippen MR) is 103 cm³/mol. The molecule has 0 fully saturated rings. The number of carbonyl (C=O) groups excluding carboxylic acids is 1. The van der Waals surface area contributed by atoms with Gasteiger partial charge in [-0.3, -0.25) is 4.79 Å². The first kappa shape index (κ1) is 16.8. The summed E-state index contributed by atoms with van der Waals surface area (Å²) in [6, 6.07) is 14.4. The number of hydrogen-bond donors (Lipinski definition) is 0. The molecule has 4 rings (SSSR count). The highest BCUT2D eigenvalue weighted by molar-refractivity contribution is 5.96. The van der Waals surface area contributed by atoms with Gasteiger partial charge in [0, 0.05) is 34.3 Å². The molecule has 26 heavy (non-hydrogen) atoms. The molecular weight excluding hydrogens is 320 g/mol. The van der Waals surface area contributed by atoms with Crippen LogP contribution in [0, 0.1) is 13.8 Å². The molecule has 1 aliphatic carbocycles. The van der Waals surface area contributed by atoms with Gasteiger partial charge in [0.25, 0.3) is 0 Å². The maximum Gasteiger partial charge on any atom is 0.229 e.